The monoisotopic (exact) mass is 316 g/mol. The van der Waals surface area contributed by atoms with Gasteiger partial charge in [-0.3, -0.25) is 9.41 Å². The first-order chi connectivity index (χ1) is 7.35. The molecule has 0 fully saturated rings. The molecule has 3 heteroatoms. The summed E-state index contributed by atoms with van der Waals surface area (Å²) >= 11 is -0.417. The van der Waals surface area contributed by atoms with E-state index in [-0.39, 0.29) is 9.41 Å². The van der Waals surface area contributed by atoms with Crippen LogP contribution in [0.1, 0.15) is 39.5 Å². The smallest absolute Gasteiger partial charge is 0.269 e. The third-order valence-corrected chi connectivity index (χ3v) is 7.19. The molecule has 0 heterocycles. The standard InChI is InChI=1S/2C7H9.2FH.Zr/c2*1-2-7-5-3-4-6-7;;;/h2*3,5H,2,4H2,1H3;2*1H;. The maximum atomic E-state index is 2.35. The summed E-state index contributed by atoms with van der Waals surface area (Å²) in [5.74, 6) is 0. The van der Waals surface area contributed by atoms with Gasteiger partial charge in [0, 0.05) is 0 Å². The summed E-state index contributed by atoms with van der Waals surface area (Å²) in [4.78, 5) is 0. The van der Waals surface area contributed by atoms with Gasteiger partial charge in [-0.25, -0.2) is 0 Å². The largest absolute Gasteiger partial charge is 0.269 e. The van der Waals surface area contributed by atoms with Crippen molar-refractivity contribution in [1.29, 1.82) is 0 Å². The van der Waals surface area contributed by atoms with Gasteiger partial charge in [0.25, 0.3) is 0 Å². The Bertz CT molecular complexity index is 340. The summed E-state index contributed by atoms with van der Waals surface area (Å²) in [7, 11) is 0. The van der Waals surface area contributed by atoms with Crippen LogP contribution in [0.2, 0.25) is 0 Å². The summed E-state index contributed by atoms with van der Waals surface area (Å²) in [6, 6.07) is 0. The molecule has 0 saturated carbocycles. The predicted octanol–water partition coefficient (Wildman–Crippen LogP) is 4.62. The van der Waals surface area contributed by atoms with E-state index < -0.39 is 23.2 Å². The van der Waals surface area contributed by atoms with E-state index in [9.17, 15) is 0 Å². The molecular formula is C14H20F2Zr. The van der Waals surface area contributed by atoms with Crippen LogP contribution >= 0.6 is 0 Å². The Morgan fingerprint density at radius 3 is 1.65 bits per heavy atom. The van der Waals surface area contributed by atoms with Crippen molar-refractivity contribution < 1.29 is 32.6 Å². The molecule has 0 aromatic heterocycles. The van der Waals surface area contributed by atoms with Gasteiger partial charge in [0.05, 0.1) is 0 Å². The van der Waals surface area contributed by atoms with Crippen LogP contribution in [0.15, 0.2) is 42.0 Å². The first-order valence-corrected chi connectivity index (χ1v) is 8.35. The molecule has 0 aromatic rings. The van der Waals surface area contributed by atoms with Crippen molar-refractivity contribution in [3.63, 3.8) is 0 Å². The molecule has 0 amide bonds. The van der Waals surface area contributed by atoms with E-state index >= 15 is 0 Å². The van der Waals surface area contributed by atoms with Crippen molar-refractivity contribution in [3.05, 3.63) is 42.0 Å². The fraction of sp³-hybridized carbons (Fsp3) is 0.429. The van der Waals surface area contributed by atoms with Crippen molar-refractivity contribution in [3.8, 4) is 0 Å². The SMILES string of the molecule is CCC1=[C]([Zr][C]2=C(CC)C=CC2)CC=C1.F.F. The van der Waals surface area contributed by atoms with Crippen molar-refractivity contribution >= 4 is 0 Å². The first-order valence-electron chi connectivity index (χ1n) is 5.89. The third kappa shape index (κ3) is 3.84. The fourth-order valence-corrected chi connectivity index (χ4v) is 6.25. The molecule has 0 aliphatic heterocycles. The number of allylic oxidation sites excluding steroid dienone is 8. The molecule has 2 rings (SSSR count). The minimum atomic E-state index is -0.417. The molecule has 17 heavy (non-hydrogen) atoms. The minimum absolute atomic E-state index is 0. The van der Waals surface area contributed by atoms with Gasteiger partial charge in [-0.2, -0.15) is 0 Å². The van der Waals surface area contributed by atoms with Crippen molar-refractivity contribution in [2.75, 3.05) is 0 Å². The molecule has 0 spiro atoms. The maximum absolute atomic E-state index is 2.35. The quantitative estimate of drug-likeness (QED) is 0.709. The molecule has 0 bridgehead atoms. The van der Waals surface area contributed by atoms with Gasteiger partial charge >= 0.3 is 105 Å². The zero-order valence-corrected chi connectivity index (χ0v) is 12.9. The number of hydrogen-bond acceptors (Lipinski definition) is 0. The van der Waals surface area contributed by atoms with Crippen LogP contribution in [0.3, 0.4) is 0 Å². The van der Waals surface area contributed by atoms with E-state index in [0.29, 0.717) is 0 Å². The Labute approximate surface area is 114 Å². The normalized spacial score (nSPS) is 17.3. The van der Waals surface area contributed by atoms with Crippen LogP contribution in [0, 0.1) is 0 Å². The topological polar surface area (TPSA) is 0 Å². The van der Waals surface area contributed by atoms with Crippen LogP contribution < -0.4 is 0 Å². The van der Waals surface area contributed by atoms with E-state index in [2.05, 4.69) is 38.2 Å². The molecule has 0 unspecified atom stereocenters. The zero-order chi connectivity index (χ0) is 10.7. The maximum Gasteiger partial charge on any atom is -0.269 e. The average Bonchev–Trinajstić information content (AvgIpc) is 2.87. The zero-order valence-electron chi connectivity index (χ0n) is 10.5. The van der Waals surface area contributed by atoms with Gasteiger partial charge in [-0.15, -0.1) is 0 Å². The van der Waals surface area contributed by atoms with Gasteiger partial charge in [0.1, 0.15) is 0 Å². The van der Waals surface area contributed by atoms with E-state index in [1.807, 2.05) is 6.56 Å². The van der Waals surface area contributed by atoms with E-state index in [1.54, 1.807) is 11.1 Å². The van der Waals surface area contributed by atoms with Crippen LogP contribution in [-0.2, 0) is 23.2 Å². The number of halogens is 2. The Balaban J connectivity index is 0.00000128. The minimum Gasteiger partial charge on any atom is -0.269 e. The summed E-state index contributed by atoms with van der Waals surface area (Å²) in [5.41, 5.74) is 3.30. The molecule has 2 aliphatic carbocycles. The molecule has 2 aliphatic rings. The Morgan fingerprint density at radius 1 is 0.882 bits per heavy atom. The molecule has 0 nitrogen and oxygen atoms in total. The molecule has 0 atom stereocenters. The third-order valence-electron chi connectivity index (χ3n) is 3.12. The van der Waals surface area contributed by atoms with Gasteiger partial charge in [0.2, 0.25) is 0 Å². The van der Waals surface area contributed by atoms with Crippen LogP contribution in [0.25, 0.3) is 0 Å². The predicted molar refractivity (Wildman–Crippen MR) is 67.2 cm³/mol. The van der Waals surface area contributed by atoms with Crippen LogP contribution in [0.4, 0.5) is 9.41 Å². The molecule has 94 valence electrons. The van der Waals surface area contributed by atoms with Gasteiger partial charge in [0.15, 0.2) is 0 Å². The summed E-state index contributed by atoms with van der Waals surface area (Å²) in [5, 5.41) is 0. The van der Waals surface area contributed by atoms with Crippen molar-refractivity contribution in [1.82, 2.24) is 0 Å². The average molecular weight is 318 g/mol. The van der Waals surface area contributed by atoms with Crippen molar-refractivity contribution in [2.45, 2.75) is 39.5 Å². The fourth-order valence-electron chi connectivity index (χ4n) is 2.21. The van der Waals surface area contributed by atoms with E-state index in [1.165, 1.54) is 25.7 Å². The van der Waals surface area contributed by atoms with E-state index in [0.717, 1.165) is 0 Å². The Morgan fingerprint density at radius 2 is 1.29 bits per heavy atom. The number of rotatable bonds is 4. The summed E-state index contributed by atoms with van der Waals surface area (Å²) in [6.07, 6.45) is 14.4. The molecule has 0 aromatic carbocycles. The van der Waals surface area contributed by atoms with Crippen LogP contribution in [0.5, 0.6) is 0 Å². The van der Waals surface area contributed by atoms with Crippen molar-refractivity contribution in [2.24, 2.45) is 0 Å². The summed E-state index contributed by atoms with van der Waals surface area (Å²) in [6.45, 7) is 4.57. The summed E-state index contributed by atoms with van der Waals surface area (Å²) < 4.78 is 3.65. The second-order valence-corrected chi connectivity index (χ2v) is 7.63. The van der Waals surface area contributed by atoms with Gasteiger partial charge in [-0.1, -0.05) is 0 Å². The molecule has 0 N–H and O–H groups in total. The second-order valence-electron chi connectivity index (χ2n) is 4.05. The molecule has 0 radical (unpaired) electrons. The van der Waals surface area contributed by atoms with Gasteiger partial charge in [-0.05, 0) is 0 Å². The van der Waals surface area contributed by atoms with Gasteiger partial charge < -0.3 is 0 Å². The van der Waals surface area contributed by atoms with Crippen LogP contribution in [-0.4, -0.2) is 0 Å². The van der Waals surface area contributed by atoms with E-state index in [4.69, 9.17) is 0 Å². The first kappa shape index (κ1) is 16.7. The molecule has 0 saturated heterocycles. The molecular weight excluding hydrogens is 297 g/mol. The Hall–Kier alpha value is -0.297. The number of hydrogen-bond donors (Lipinski definition) is 0. The second kappa shape index (κ2) is 7.92. The Kier molecular flexibility index (Phi) is 7.78.